The van der Waals surface area contributed by atoms with Crippen molar-refractivity contribution in [2.24, 2.45) is 5.92 Å². The average molecular weight is 417 g/mol. The lowest BCUT2D eigenvalue weighted by molar-refractivity contribution is -0.120. The Morgan fingerprint density at radius 3 is 2.66 bits per heavy atom. The fourth-order valence-corrected chi connectivity index (χ4v) is 5.06. The zero-order valence-corrected chi connectivity index (χ0v) is 17.7. The Labute approximate surface area is 172 Å². The van der Waals surface area contributed by atoms with Crippen molar-refractivity contribution in [1.82, 2.24) is 4.31 Å². The van der Waals surface area contributed by atoms with Gasteiger partial charge in [0.25, 0.3) is 0 Å². The first-order valence-electron chi connectivity index (χ1n) is 9.93. The van der Waals surface area contributed by atoms with E-state index in [1.54, 1.807) is 24.3 Å². The van der Waals surface area contributed by atoms with Crippen LogP contribution in [0.15, 0.2) is 54.6 Å². The zero-order valence-electron chi connectivity index (χ0n) is 16.9. The van der Waals surface area contributed by atoms with E-state index in [0.29, 0.717) is 30.8 Å². The van der Waals surface area contributed by atoms with Gasteiger partial charge < -0.3 is 10.1 Å². The number of rotatable bonds is 7. The van der Waals surface area contributed by atoms with Gasteiger partial charge in [0.2, 0.25) is 15.9 Å². The number of hydrogen-bond donors (Lipinski definition) is 1. The van der Waals surface area contributed by atoms with Crippen LogP contribution in [-0.2, 0) is 20.6 Å². The normalized spacial score (nSPS) is 17.8. The van der Waals surface area contributed by atoms with Crippen molar-refractivity contribution >= 4 is 21.6 Å². The van der Waals surface area contributed by atoms with Gasteiger partial charge in [0.05, 0.1) is 17.8 Å². The van der Waals surface area contributed by atoms with Gasteiger partial charge in [-0.2, -0.15) is 0 Å². The number of carbonyl (C=O) groups excluding carboxylic acids is 1. The molecule has 2 aromatic rings. The van der Waals surface area contributed by atoms with E-state index in [9.17, 15) is 13.2 Å². The van der Waals surface area contributed by atoms with Crippen molar-refractivity contribution in [2.45, 2.75) is 38.5 Å². The fraction of sp³-hybridized carbons (Fsp3) is 0.409. The Hall–Kier alpha value is -2.38. The molecule has 29 heavy (non-hydrogen) atoms. The number of anilines is 1. The molecule has 3 rings (SSSR count). The van der Waals surface area contributed by atoms with Crippen molar-refractivity contribution in [3.8, 4) is 5.75 Å². The number of amides is 1. The molecular formula is C22H28N2O4S. The summed E-state index contributed by atoms with van der Waals surface area (Å²) >= 11 is 0. The quantitative estimate of drug-likeness (QED) is 0.747. The number of nitrogens with one attached hydrogen (secondary N) is 1. The molecule has 156 valence electrons. The first kappa shape index (κ1) is 21.3. The second-order valence-electron chi connectivity index (χ2n) is 7.62. The molecule has 1 heterocycles. The maximum atomic E-state index is 12.8. The summed E-state index contributed by atoms with van der Waals surface area (Å²) < 4.78 is 32.7. The largest absolute Gasteiger partial charge is 0.491 e. The second-order valence-corrected chi connectivity index (χ2v) is 9.59. The SMILES string of the molecule is CC(C)Oc1cccc(NC(=O)C2CCCN(S(=O)(=O)Cc3ccccc3)C2)c1. The molecule has 7 heteroatoms. The summed E-state index contributed by atoms with van der Waals surface area (Å²) in [5.74, 6) is 0.111. The van der Waals surface area contributed by atoms with E-state index in [4.69, 9.17) is 4.74 Å². The molecular weight excluding hydrogens is 388 g/mol. The van der Waals surface area contributed by atoms with Crippen LogP contribution < -0.4 is 10.1 Å². The second kappa shape index (κ2) is 9.41. The summed E-state index contributed by atoms with van der Waals surface area (Å²) in [4.78, 5) is 12.8. The summed E-state index contributed by atoms with van der Waals surface area (Å²) in [6.45, 7) is 4.55. The molecule has 1 aliphatic rings. The summed E-state index contributed by atoms with van der Waals surface area (Å²) in [5.41, 5.74) is 1.40. The molecule has 1 N–H and O–H groups in total. The molecule has 1 fully saturated rings. The molecule has 0 bridgehead atoms. The monoisotopic (exact) mass is 416 g/mol. The van der Waals surface area contributed by atoms with Crippen LogP contribution in [0.2, 0.25) is 0 Å². The van der Waals surface area contributed by atoms with Gasteiger partial charge in [-0.15, -0.1) is 0 Å². The standard InChI is InChI=1S/C22H28N2O4S/c1-17(2)28-21-12-6-11-20(14-21)23-22(25)19-10-7-13-24(15-19)29(26,27)16-18-8-4-3-5-9-18/h3-6,8-9,11-12,14,17,19H,7,10,13,15-16H2,1-2H3,(H,23,25). The Kier molecular flexibility index (Phi) is 6.92. The van der Waals surface area contributed by atoms with Gasteiger partial charge in [-0.05, 0) is 44.4 Å². The molecule has 0 saturated carbocycles. The molecule has 1 aliphatic heterocycles. The Balaban J connectivity index is 1.63. The van der Waals surface area contributed by atoms with Gasteiger partial charge in [-0.3, -0.25) is 4.79 Å². The Bertz CT molecular complexity index is 929. The molecule has 0 aliphatic carbocycles. The van der Waals surface area contributed by atoms with Crippen LogP contribution in [0.25, 0.3) is 0 Å². The fourth-order valence-electron chi connectivity index (χ4n) is 3.45. The minimum Gasteiger partial charge on any atom is -0.491 e. The Morgan fingerprint density at radius 1 is 1.17 bits per heavy atom. The minimum absolute atomic E-state index is 0.0441. The number of hydrogen-bond acceptors (Lipinski definition) is 4. The van der Waals surface area contributed by atoms with E-state index in [2.05, 4.69) is 5.32 Å². The molecule has 1 unspecified atom stereocenters. The van der Waals surface area contributed by atoms with E-state index in [1.165, 1.54) is 4.31 Å². The number of sulfonamides is 1. The smallest absolute Gasteiger partial charge is 0.228 e. The molecule has 0 aromatic heterocycles. The topological polar surface area (TPSA) is 75.7 Å². The lowest BCUT2D eigenvalue weighted by Gasteiger charge is -2.31. The number of piperidine rings is 1. The predicted octanol–water partition coefficient (Wildman–Crippen LogP) is 3.65. The van der Waals surface area contributed by atoms with E-state index >= 15 is 0 Å². The van der Waals surface area contributed by atoms with Gasteiger partial charge >= 0.3 is 0 Å². The number of benzene rings is 2. The van der Waals surface area contributed by atoms with Crippen molar-refractivity contribution in [3.05, 3.63) is 60.2 Å². The lowest BCUT2D eigenvalue weighted by atomic mass is 9.98. The highest BCUT2D eigenvalue weighted by Crippen LogP contribution is 2.24. The zero-order chi connectivity index (χ0) is 20.9. The van der Waals surface area contributed by atoms with Crippen LogP contribution >= 0.6 is 0 Å². The molecule has 2 aromatic carbocycles. The van der Waals surface area contributed by atoms with Crippen LogP contribution in [0, 0.1) is 5.92 Å². The molecule has 1 atom stereocenters. The highest BCUT2D eigenvalue weighted by Gasteiger charge is 2.32. The van der Waals surface area contributed by atoms with E-state index in [1.807, 2.05) is 44.2 Å². The first-order chi connectivity index (χ1) is 13.8. The van der Waals surface area contributed by atoms with E-state index < -0.39 is 10.0 Å². The number of carbonyl (C=O) groups is 1. The summed E-state index contributed by atoms with van der Waals surface area (Å²) in [6.07, 6.45) is 1.39. The summed E-state index contributed by atoms with van der Waals surface area (Å²) in [6, 6.07) is 16.4. The predicted molar refractivity (Wildman–Crippen MR) is 114 cm³/mol. The van der Waals surface area contributed by atoms with Crippen molar-refractivity contribution < 1.29 is 17.9 Å². The van der Waals surface area contributed by atoms with Crippen LogP contribution in [0.3, 0.4) is 0 Å². The number of nitrogens with zero attached hydrogens (tertiary/aromatic N) is 1. The highest BCUT2D eigenvalue weighted by atomic mass is 32.2. The molecule has 1 amide bonds. The van der Waals surface area contributed by atoms with E-state index in [0.717, 1.165) is 5.56 Å². The van der Waals surface area contributed by atoms with E-state index in [-0.39, 0.29) is 30.2 Å². The Morgan fingerprint density at radius 2 is 1.93 bits per heavy atom. The summed E-state index contributed by atoms with van der Waals surface area (Å²) in [5, 5.41) is 2.91. The molecule has 1 saturated heterocycles. The summed E-state index contributed by atoms with van der Waals surface area (Å²) in [7, 11) is -3.46. The van der Waals surface area contributed by atoms with Crippen LogP contribution in [-0.4, -0.2) is 37.8 Å². The first-order valence-corrected chi connectivity index (χ1v) is 11.5. The van der Waals surface area contributed by atoms with Crippen LogP contribution in [0.1, 0.15) is 32.3 Å². The van der Waals surface area contributed by atoms with Crippen LogP contribution in [0.4, 0.5) is 5.69 Å². The lowest BCUT2D eigenvalue weighted by Crippen LogP contribution is -2.44. The van der Waals surface area contributed by atoms with Gasteiger partial charge in [-0.1, -0.05) is 36.4 Å². The van der Waals surface area contributed by atoms with Gasteiger partial charge in [0.1, 0.15) is 5.75 Å². The molecule has 0 spiro atoms. The van der Waals surface area contributed by atoms with Gasteiger partial charge in [0.15, 0.2) is 0 Å². The number of ether oxygens (including phenoxy) is 1. The van der Waals surface area contributed by atoms with Crippen molar-refractivity contribution in [3.63, 3.8) is 0 Å². The highest BCUT2D eigenvalue weighted by molar-refractivity contribution is 7.88. The third-order valence-electron chi connectivity index (χ3n) is 4.81. The average Bonchev–Trinajstić information content (AvgIpc) is 2.68. The van der Waals surface area contributed by atoms with Gasteiger partial charge in [0, 0.05) is 24.8 Å². The van der Waals surface area contributed by atoms with Crippen molar-refractivity contribution in [2.75, 3.05) is 18.4 Å². The minimum atomic E-state index is -3.46. The molecule has 0 radical (unpaired) electrons. The molecule has 6 nitrogen and oxygen atoms in total. The van der Waals surface area contributed by atoms with Crippen molar-refractivity contribution in [1.29, 1.82) is 0 Å². The van der Waals surface area contributed by atoms with Crippen LogP contribution in [0.5, 0.6) is 5.75 Å². The third kappa shape index (κ3) is 6.05. The maximum Gasteiger partial charge on any atom is 0.228 e. The maximum absolute atomic E-state index is 12.8. The third-order valence-corrected chi connectivity index (χ3v) is 6.63. The van der Waals surface area contributed by atoms with Gasteiger partial charge in [-0.25, -0.2) is 12.7 Å².